The molecule has 28 heavy (non-hydrogen) atoms. The number of benzene rings is 1. The van der Waals surface area contributed by atoms with Crippen molar-refractivity contribution >= 4 is 33.1 Å². The summed E-state index contributed by atoms with van der Waals surface area (Å²) in [7, 11) is -3.73. The maximum absolute atomic E-state index is 14.6. The Balaban J connectivity index is 2.14. The topological polar surface area (TPSA) is 101 Å². The molecule has 3 rings (SSSR count). The van der Waals surface area contributed by atoms with Gasteiger partial charge in [-0.05, 0) is 30.7 Å². The average Bonchev–Trinajstić information content (AvgIpc) is 2.62. The average molecular weight is 411 g/mol. The number of ether oxygens (including phenoxy) is 2. The van der Waals surface area contributed by atoms with E-state index in [9.17, 15) is 22.4 Å². The van der Waals surface area contributed by atoms with E-state index in [1.807, 2.05) is 0 Å². The van der Waals surface area contributed by atoms with Crippen LogP contribution in [0.4, 0.5) is 4.39 Å². The molecule has 1 aliphatic rings. The summed E-state index contributed by atoms with van der Waals surface area (Å²) in [5, 5.41) is 0.459. The van der Waals surface area contributed by atoms with E-state index in [4.69, 9.17) is 13.7 Å². The Bertz CT molecular complexity index is 1120. The Morgan fingerprint density at radius 3 is 2.86 bits per heavy atom. The van der Waals surface area contributed by atoms with Crippen LogP contribution in [0, 0.1) is 5.82 Å². The molecule has 0 spiro atoms. The van der Waals surface area contributed by atoms with Crippen molar-refractivity contribution in [2.45, 2.75) is 13.0 Å². The first kappa shape index (κ1) is 20.0. The number of nitrogens with zero attached hydrogens (tertiary/aromatic N) is 1. The van der Waals surface area contributed by atoms with E-state index in [-0.39, 0.29) is 31.1 Å². The van der Waals surface area contributed by atoms with E-state index in [2.05, 4.69) is 0 Å². The molecule has 0 aliphatic carbocycles. The molecule has 0 bridgehead atoms. The van der Waals surface area contributed by atoms with Crippen molar-refractivity contribution in [3.05, 3.63) is 46.0 Å². The molecule has 1 aliphatic heterocycles. The maximum atomic E-state index is 14.6. The van der Waals surface area contributed by atoms with E-state index in [0.717, 1.165) is 12.3 Å². The van der Waals surface area contributed by atoms with Gasteiger partial charge in [-0.1, -0.05) is 0 Å². The number of halogens is 1. The number of hydrogen-bond donors (Lipinski definition) is 0. The fraction of sp³-hybridized carbons (Fsp3) is 0.333. The Morgan fingerprint density at radius 2 is 2.18 bits per heavy atom. The number of aromatic nitrogens is 1. The van der Waals surface area contributed by atoms with Gasteiger partial charge in [0, 0.05) is 17.5 Å². The van der Waals surface area contributed by atoms with Gasteiger partial charge in [0.25, 0.3) is 15.7 Å². The van der Waals surface area contributed by atoms with Crippen LogP contribution in [0.25, 0.3) is 17.0 Å². The van der Waals surface area contributed by atoms with Crippen LogP contribution in [0.5, 0.6) is 5.75 Å². The maximum Gasteiger partial charge on any atom is 0.330 e. The van der Waals surface area contributed by atoms with Gasteiger partial charge in [0.1, 0.15) is 6.61 Å². The van der Waals surface area contributed by atoms with Gasteiger partial charge >= 0.3 is 5.97 Å². The third-order valence-electron chi connectivity index (χ3n) is 4.10. The van der Waals surface area contributed by atoms with Gasteiger partial charge in [-0.25, -0.2) is 9.18 Å². The molecular weight excluding hydrogens is 393 g/mol. The van der Waals surface area contributed by atoms with Gasteiger partial charge in [0.05, 0.1) is 31.0 Å². The summed E-state index contributed by atoms with van der Waals surface area (Å²) in [4.78, 5) is 24.0. The Hall–Kier alpha value is -2.72. The molecule has 2 aromatic rings. The fourth-order valence-corrected chi connectivity index (χ4v) is 3.38. The fourth-order valence-electron chi connectivity index (χ4n) is 2.98. The quantitative estimate of drug-likeness (QED) is 0.404. The van der Waals surface area contributed by atoms with E-state index in [1.165, 1.54) is 28.8 Å². The van der Waals surface area contributed by atoms with E-state index >= 15 is 0 Å². The van der Waals surface area contributed by atoms with Crippen molar-refractivity contribution in [3.8, 4) is 5.75 Å². The zero-order valence-corrected chi connectivity index (χ0v) is 16.0. The van der Waals surface area contributed by atoms with E-state index in [0.29, 0.717) is 10.9 Å². The molecule has 150 valence electrons. The Morgan fingerprint density at radius 1 is 1.43 bits per heavy atom. The number of pyridine rings is 1. The second-order valence-electron chi connectivity index (χ2n) is 6.12. The summed E-state index contributed by atoms with van der Waals surface area (Å²) in [6.07, 6.45) is 3.43. The Kier molecular flexibility index (Phi) is 5.52. The summed E-state index contributed by atoms with van der Waals surface area (Å²) in [6, 6.07) is 3.20. The molecule has 1 aromatic heterocycles. The number of rotatable bonds is 6. The molecule has 2 heterocycles. The second kappa shape index (κ2) is 7.72. The molecule has 0 fully saturated rings. The van der Waals surface area contributed by atoms with E-state index < -0.39 is 33.5 Å². The van der Waals surface area contributed by atoms with Crippen LogP contribution in [0.15, 0.2) is 29.1 Å². The lowest BCUT2D eigenvalue weighted by atomic mass is 10.0. The van der Waals surface area contributed by atoms with Gasteiger partial charge < -0.3 is 9.47 Å². The Labute approximate surface area is 160 Å². The summed E-state index contributed by atoms with van der Waals surface area (Å²) in [5.41, 5.74) is 0.0563. The van der Waals surface area contributed by atoms with Gasteiger partial charge in [0.15, 0.2) is 11.6 Å². The summed E-state index contributed by atoms with van der Waals surface area (Å²) >= 11 is 0. The first-order chi connectivity index (χ1) is 13.2. The highest BCUT2D eigenvalue weighted by Gasteiger charge is 2.28. The lowest BCUT2D eigenvalue weighted by Crippen LogP contribution is -2.35. The van der Waals surface area contributed by atoms with Crippen LogP contribution in [0.2, 0.25) is 0 Å². The van der Waals surface area contributed by atoms with Crippen LogP contribution in [0.1, 0.15) is 18.5 Å². The zero-order valence-electron chi connectivity index (χ0n) is 15.2. The largest absolute Gasteiger partial charge is 0.486 e. The van der Waals surface area contributed by atoms with E-state index in [1.54, 1.807) is 6.92 Å². The number of esters is 1. The number of hydrogen-bond acceptors (Lipinski definition) is 7. The molecule has 0 saturated heterocycles. The highest BCUT2D eigenvalue weighted by atomic mass is 32.2. The minimum atomic E-state index is -3.73. The lowest BCUT2D eigenvalue weighted by Gasteiger charge is -2.28. The zero-order chi connectivity index (χ0) is 20.5. The van der Waals surface area contributed by atoms with Crippen molar-refractivity contribution in [1.82, 2.24) is 4.57 Å². The third-order valence-corrected chi connectivity index (χ3v) is 4.66. The molecule has 1 atom stereocenters. The minimum Gasteiger partial charge on any atom is -0.486 e. The molecule has 0 N–H and O–H groups in total. The van der Waals surface area contributed by atoms with Crippen molar-refractivity contribution in [3.63, 3.8) is 0 Å². The molecule has 0 radical (unpaired) electrons. The molecule has 0 amide bonds. The minimum absolute atomic E-state index is 0.114. The molecule has 10 heteroatoms. The van der Waals surface area contributed by atoms with Crippen molar-refractivity contribution < 1.29 is 31.3 Å². The van der Waals surface area contributed by atoms with Gasteiger partial charge in [-0.3, -0.25) is 13.5 Å². The summed E-state index contributed by atoms with van der Waals surface area (Å²) in [5.74, 6) is -1.41. The van der Waals surface area contributed by atoms with Crippen molar-refractivity contribution in [1.29, 1.82) is 0 Å². The predicted molar refractivity (Wildman–Crippen MR) is 99.2 cm³/mol. The van der Waals surface area contributed by atoms with Crippen molar-refractivity contribution in [2.75, 3.05) is 26.1 Å². The molecule has 8 nitrogen and oxygen atoms in total. The summed E-state index contributed by atoms with van der Waals surface area (Å²) in [6.45, 7) is 1.40. The molecular formula is C18H18FNO7S. The number of carbonyl (C=O) groups is 1. The second-order valence-corrected chi connectivity index (χ2v) is 7.76. The van der Waals surface area contributed by atoms with Crippen LogP contribution in [-0.2, 0) is 23.8 Å². The van der Waals surface area contributed by atoms with Gasteiger partial charge in [0.2, 0.25) is 0 Å². The molecule has 1 aromatic carbocycles. The smallest absolute Gasteiger partial charge is 0.330 e. The lowest BCUT2D eigenvalue weighted by molar-refractivity contribution is -0.137. The molecule has 0 saturated carbocycles. The van der Waals surface area contributed by atoms with Crippen LogP contribution in [-0.4, -0.2) is 45.0 Å². The highest BCUT2D eigenvalue weighted by molar-refractivity contribution is 7.85. The first-order valence-electron chi connectivity index (χ1n) is 8.41. The van der Waals surface area contributed by atoms with Crippen LogP contribution in [0.3, 0.4) is 0 Å². The van der Waals surface area contributed by atoms with Crippen molar-refractivity contribution in [2.24, 2.45) is 0 Å². The monoisotopic (exact) mass is 411 g/mol. The number of carbonyl (C=O) groups excluding carboxylic acids is 1. The van der Waals surface area contributed by atoms with Gasteiger partial charge in [-0.15, -0.1) is 0 Å². The standard InChI is InChI=1S/C18H18FNO7S/c1-3-25-16(22)7-4-11-8-14(19)18-17-13(11)5-6-15(21)20(17)12(9-26-18)10-27-28(2,23)24/h4-8,12H,3,9-10H2,1-2H3/t12-/m0/s1. The molecule has 0 unspecified atom stereocenters. The van der Waals surface area contributed by atoms with Gasteiger partial charge in [-0.2, -0.15) is 8.42 Å². The first-order valence-corrected chi connectivity index (χ1v) is 10.2. The normalized spacial score (nSPS) is 16.3. The predicted octanol–water partition coefficient (Wildman–Crippen LogP) is 1.63. The van der Waals surface area contributed by atoms with Crippen LogP contribution < -0.4 is 10.3 Å². The summed E-state index contributed by atoms with van der Waals surface area (Å²) < 4.78 is 53.5. The SMILES string of the molecule is CCOC(=O)C=Cc1cc(F)c2c3c1ccc(=O)n3[C@H](COS(C)(=O)=O)CO2. The van der Waals surface area contributed by atoms with Crippen LogP contribution >= 0.6 is 0 Å². The third kappa shape index (κ3) is 4.07. The highest BCUT2D eigenvalue weighted by Crippen LogP contribution is 2.36.